The lowest BCUT2D eigenvalue weighted by molar-refractivity contribution is -0.300. The van der Waals surface area contributed by atoms with Crippen LogP contribution >= 0.6 is 0 Å². The molecular formula is C41H48FNO11. The summed E-state index contributed by atoms with van der Waals surface area (Å²) in [6.07, 6.45) is -3.46. The molecule has 5 fully saturated rings. The van der Waals surface area contributed by atoms with Crippen LogP contribution in [-0.4, -0.2) is 98.8 Å². The van der Waals surface area contributed by atoms with Gasteiger partial charge in [0.15, 0.2) is 29.7 Å². The highest BCUT2D eigenvalue weighted by molar-refractivity contribution is 6.01. The SMILES string of the molecule is C[C@]12C=CC(=O)C=C1CC[C@@H]1[C@@H]2[C@@H](O)C[C@@]2(C)[C@H]1C[C@H]1O[C@@H](c3ccc(Cc4ccc(N)cc4)cc3F)O[C@]12C(=O)CO[C@@H]1O[C@H](CO)[C@@H](O)[C@H](O)[C@H]1O. The van der Waals surface area contributed by atoms with Gasteiger partial charge in [0.2, 0.25) is 0 Å². The van der Waals surface area contributed by atoms with Crippen molar-refractivity contribution in [3.05, 3.63) is 88.8 Å². The number of anilines is 1. The maximum absolute atomic E-state index is 16.0. The minimum Gasteiger partial charge on any atom is -0.399 e. The van der Waals surface area contributed by atoms with Crippen molar-refractivity contribution in [1.82, 2.24) is 0 Å². The molecule has 0 spiro atoms. The standard InChI is InChI=1S/C41H48FNO11/c1-39-12-11-24(45)15-22(39)6-10-25-27-16-32-41(40(27,2)17-29(46)33(25)39,31(47)19-51-38-36(50)35(49)34(48)30(18-44)52-38)54-37(53-32)26-9-5-21(14-28(26)42)13-20-3-7-23(43)8-4-20/h3-5,7-9,11-12,14-15,25,27,29-30,32-38,44,46,48-50H,6,10,13,16-19,43H2,1-2H3/t25-,27-,29-,30+,32+,33+,34+,35-,36+,37+,38+,39-,40-,41+/m0/s1. The largest absolute Gasteiger partial charge is 0.399 e. The molecule has 2 aromatic rings. The summed E-state index contributed by atoms with van der Waals surface area (Å²) in [5.41, 5.74) is 5.89. The van der Waals surface area contributed by atoms with Gasteiger partial charge in [0.25, 0.3) is 0 Å². The number of aliphatic hydroxyl groups excluding tert-OH is 5. The number of carbonyl (C=O) groups is 2. The quantitative estimate of drug-likeness (QED) is 0.216. The Labute approximate surface area is 312 Å². The normalized spacial score (nSPS) is 42.5. The van der Waals surface area contributed by atoms with Crippen molar-refractivity contribution in [3.63, 3.8) is 0 Å². The molecule has 0 bridgehead atoms. The molecular weight excluding hydrogens is 701 g/mol. The molecule has 12 nitrogen and oxygen atoms in total. The fourth-order valence-electron chi connectivity index (χ4n) is 10.9. The third-order valence-electron chi connectivity index (χ3n) is 13.6. The molecule has 7 N–H and O–H groups in total. The Bertz CT molecular complexity index is 1870. The average Bonchev–Trinajstić information content (AvgIpc) is 3.64. The predicted molar refractivity (Wildman–Crippen MR) is 190 cm³/mol. The van der Waals surface area contributed by atoms with Crippen LogP contribution in [0, 0.1) is 34.4 Å². The van der Waals surface area contributed by atoms with Gasteiger partial charge in [0.1, 0.15) is 36.8 Å². The maximum Gasteiger partial charge on any atom is 0.193 e. The minimum atomic E-state index is -1.73. The highest BCUT2D eigenvalue weighted by Crippen LogP contribution is 2.70. The van der Waals surface area contributed by atoms with Crippen molar-refractivity contribution >= 4 is 17.3 Å². The Morgan fingerprint density at radius 3 is 2.48 bits per heavy atom. The van der Waals surface area contributed by atoms with Crippen LogP contribution in [0.25, 0.3) is 0 Å². The van der Waals surface area contributed by atoms with Gasteiger partial charge in [-0.15, -0.1) is 0 Å². The van der Waals surface area contributed by atoms with Crippen molar-refractivity contribution < 1.29 is 58.5 Å². The lowest BCUT2D eigenvalue weighted by Crippen LogP contribution is -2.64. The Morgan fingerprint density at radius 2 is 1.76 bits per heavy atom. The van der Waals surface area contributed by atoms with Crippen LogP contribution in [0.2, 0.25) is 0 Å². The first-order chi connectivity index (χ1) is 25.7. The maximum atomic E-state index is 16.0. The number of Topliss-reactive ketones (excluding diaryl/α,β-unsaturated/α-hetero) is 1. The van der Waals surface area contributed by atoms with E-state index in [-0.39, 0.29) is 35.5 Å². The van der Waals surface area contributed by atoms with Gasteiger partial charge < -0.3 is 50.2 Å². The Hall–Kier alpha value is -3.37. The van der Waals surface area contributed by atoms with Crippen LogP contribution in [0.15, 0.2) is 66.3 Å². The van der Waals surface area contributed by atoms with Crippen molar-refractivity contribution in [1.29, 1.82) is 0 Å². The highest BCUT2D eigenvalue weighted by atomic mass is 19.1. The first kappa shape index (κ1) is 37.5. The zero-order valence-corrected chi connectivity index (χ0v) is 30.2. The van der Waals surface area contributed by atoms with Gasteiger partial charge in [-0.1, -0.05) is 49.8 Å². The molecule has 6 aliphatic rings. The highest BCUT2D eigenvalue weighted by Gasteiger charge is 2.76. The minimum absolute atomic E-state index is 0.0737. The smallest absolute Gasteiger partial charge is 0.193 e. The van der Waals surface area contributed by atoms with E-state index in [1.807, 2.05) is 25.1 Å². The molecule has 0 radical (unpaired) electrons. The number of carbonyl (C=O) groups excluding carboxylic acids is 2. The zero-order chi connectivity index (χ0) is 38.3. The van der Waals surface area contributed by atoms with E-state index < -0.39 is 90.4 Å². The number of allylic oxidation sites excluding steroid dienone is 4. The number of halogens is 1. The van der Waals surface area contributed by atoms with E-state index in [2.05, 4.69) is 6.92 Å². The number of nitrogens with two attached hydrogens (primary N) is 1. The van der Waals surface area contributed by atoms with Crippen LogP contribution < -0.4 is 5.73 Å². The molecule has 4 aliphatic carbocycles. The number of aliphatic hydroxyl groups is 5. The first-order valence-corrected chi connectivity index (χ1v) is 18.7. The van der Waals surface area contributed by atoms with Gasteiger partial charge in [-0.2, -0.15) is 0 Å². The van der Waals surface area contributed by atoms with Gasteiger partial charge in [0, 0.05) is 28.0 Å². The molecule has 3 saturated carbocycles. The number of ketones is 2. The van der Waals surface area contributed by atoms with E-state index in [0.29, 0.717) is 36.9 Å². The van der Waals surface area contributed by atoms with Crippen LogP contribution in [0.4, 0.5) is 10.1 Å². The molecule has 0 aromatic heterocycles. The fraction of sp³-hybridized carbons (Fsp3) is 0.561. The molecule has 2 heterocycles. The lowest BCUT2D eigenvalue weighted by atomic mass is 9.46. The second kappa shape index (κ2) is 13.7. The van der Waals surface area contributed by atoms with E-state index in [1.165, 1.54) is 6.07 Å². The molecule has 14 atom stereocenters. The van der Waals surface area contributed by atoms with E-state index in [0.717, 1.165) is 11.1 Å². The summed E-state index contributed by atoms with van der Waals surface area (Å²) in [5, 5.41) is 53.0. The van der Waals surface area contributed by atoms with Crippen LogP contribution in [0.1, 0.15) is 62.5 Å². The molecule has 13 heteroatoms. The molecule has 54 heavy (non-hydrogen) atoms. The van der Waals surface area contributed by atoms with Crippen LogP contribution in [0.3, 0.4) is 0 Å². The number of ether oxygens (including phenoxy) is 4. The van der Waals surface area contributed by atoms with Crippen molar-refractivity contribution in [3.8, 4) is 0 Å². The van der Waals surface area contributed by atoms with Gasteiger partial charge in [-0.3, -0.25) is 9.59 Å². The summed E-state index contributed by atoms with van der Waals surface area (Å²) in [4.78, 5) is 27.2. The number of hydrogen-bond donors (Lipinski definition) is 6. The van der Waals surface area contributed by atoms with Gasteiger partial charge in [0.05, 0.1) is 18.8 Å². The second-order valence-corrected chi connectivity index (χ2v) is 16.5. The Morgan fingerprint density at radius 1 is 1.02 bits per heavy atom. The predicted octanol–water partition coefficient (Wildman–Crippen LogP) is 2.43. The van der Waals surface area contributed by atoms with Crippen molar-refractivity contribution in [2.45, 2.75) is 101 Å². The Kier molecular flexibility index (Phi) is 9.51. The first-order valence-electron chi connectivity index (χ1n) is 18.7. The van der Waals surface area contributed by atoms with E-state index in [9.17, 15) is 35.1 Å². The number of benzene rings is 2. The van der Waals surface area contributed by atoms with Crippen molar-refractivity contribution in [2.75, 3.05) is 18.9 Å². The number of nitrogen functional groups attached to an aromatic ring is 1. The fourth-order valence-corrected chi connectivity index (χ4v) is 10.9. The summed E-state index contributed by atoms with van der Waals surface area (Å²) in [6, 6.07) is 12.1. The molecule has 290 valence electrons. The van der Waals surface area contributed by atoms with E-state index >= 15 is 4.39 Å². The summed E-state index contributed by atoms with van der Waals surface area (Å²) in [6.45, 7) is 2.61. The zero-order valence-electron chi connectivity index (χ0n) is 30.2. The van der Waals surface area contributed by atoms with Crippen LogP contribution in [0.5, 0.6) is 0 Å². The molecule has 8 rings (SSSR count). The second-order valence-electron chi connectivity index (χ2n) is 16.5. The third-order valence-corrected chi connectivity index (χ3v) is 13.6. The molecule has 0 unspecified atom stereocenters. The van der Waals surface area contributed by atoms with E-state index in [1.54, 1.807) is 36.4 Å². The molecule has 2 saturated heterocycles. The lowest BCUT2D eigenvalue weighted by Gasteiger charge is -2.59. The monoisotopic (exact) mass is 749 g/mol. The van der Waals surface area contributed by atoms with Gasteiger partial charge in [-0.25, -0.2) is 4.39 Å². The average molecular weight is 750 g/mol. The summed E-state index contributed by atoms with van der Waals surface area (Å²) < 4.78 is 40.6. The molecule has 0 amide bonds. The Balaban J connectivity index is 1.11. The van der Waals surface area contributed by atoms with E-state index in [4.69, 9.17) is 24.7 Å². The summed E-state index contributed by atoms with van der Waals surface area (Å²) in [5.74, 6) is -1.71. The summed E-state index contributed by atoms with van der Waals surface area (Å²) in [7, 11) is 0. The number of rotatable bonds is 8. The number of fused-ring (bicyclic) bond motifs is 7. The topological polar surface area (TPSA) is 198 Å². The molecule has 2 aliphatic heterocycles. The van der Waals surface area contributed by atoms with Crippen molar-refractivity contribution in [2.24, 2.45) is 28.6 Å². The van der Waals surface area contributed by atoms with Gasteiger partial charge in [-0.05, 0) is 85.4 Å². The third kappa shape index (κ3) is 5.74. The number of hydrogen-bond acceptors (Lipinski definition) is 12. The summed E-state index contributed by atoms with van der Waals surface area (Å²) >= 11 is 0. The molecule has 2 aromatic carbocycles. The van der Waals surface area contributed by atoms with Crippen LogP contribution in [-0.2, 0) is 35.0 Å². The van der Waals surface area contributed by atoms with Gasteiger partial charge >= 0.3 is 0 Å².